The molecular weight excluding hydrogens is 434 g/mol. The van der Waals surface area contributed by atoms with Crippen molar-refractivity contribution < 1.29 is 14.5 Å². The van der Waals surface area contributed by atoms with Gasteiger partial charge in [0, 0.05) is 22.8 Å². The zero-order valence-electron chi connectivity index (χ0n) is 17.0. The van der Waals surface area contributed by atoms with Gasteiger partial charge in [-0.3, -0.25) is 35.5 Å². The van der Waals surface area contributed by atoms with Crippen LogP contribution in [-0.4, -0.2) is 21.7 Å². The number of nitrogens with one attached hydrogen (secondary N) is 3. The zero-order chi connectivity index (χ0) is 23.1. The minimum Gasteiger partial charge on any atom is -0.371 e. The average Bonchev–Trinajstić information content (AvgIpc) is 2.79. The number of carbonyl (C=O) groups is 2. The van der Waals surface area contributed by atoms with E-state index in [1.165, 1.54) is 12.1 Å². The molecule has 1 atom stereocenters. The molecule has 0 bridgehead atoms. The molecule has 0 fully saturated rings. The first-order valence-corrected chi connectivity index (χ1v) is 10.0. The highest BCUT2D eigenvalue weighted by molar-refractivity contribution is 6.30. The number of rotatable bonds is 7. The third-order valence-electron chi connectivity index (χ3n) is 4.55. The van der Waals surface area contributed by atoms with Crippen molar-refractivity contribution in [1.82, 2.24) is 15.8 Å². The molecule has 32 heavy (non-hydrogen) atoms. The van der Waals surface area contributed by atoms with Gasteiger partial charge in [0.2, 0.25) is 5.91 Å². The summed E-state index contributed by atoms with van der Waals surface area (Å²) in [6.45, 7) is 1.82. The predicted molar refractivity (Wildman–Crippen MR) is 120 cm³/mol. The van der Waals surface area contributed by atoms with Crippen LogP contribution in [0.1, 0.15) is 34.6 Å². The lowest BCUT2D eigenvalue weighted by Crippen LogP contribution is -2.42. The quantitative estimate of drug-likeness (QED) is 0.368. The van der Waals surface area contributed by atoms with Crippen molar-refractivity contribution in [3.63, 3.8) is 0 Å². The number of nitrogens with zero attached hydrogens (tertiary/aromatic N) is 2. The Morgan fingerprint density at radius 2 is 1.84 bits per heavy atom. The maximum absolute atomic E-state index is 12.4. The molecule has 0 aliphatic heterocycles. The summed E-state index contributed by atoms with van der Waals surface area (Å²) in [6.07, 6.45) is 1.67. The van der Waals surface area contributed by atoms with Crippen molar-refractivity contribution in [1.29, 1.82) is 0 Å². The number of aromatic nitrogens is 1. The average molecular weight is 454 g/mol. The fourth-order valence-corrected chi connectivity index (χ4v) is 3.04. The number of anilines is 1. The van der Waals surface area contributed by atoms with Crippen molar-refractivity contribution in [2.75, 3.05) is 5.32 Å². The molecule has 10 heteroatoms. The van der Waals surface area contributed by atoms with Crippen molar-refractivity contribution in [3.8, 4) is 0 Å². The van der Waals surface area contributed by atoms with E-state index in [0.29, 0.717) is 16.3 Å². The summed E-state index contributed by atoms with van der Waals surface area (Å²) in [5.74, 6) is -1.13. The van der Waals surface area contributed by atoms with E-state index in [9.17, 15) is 19.7 Å². The number of hydrazine groups is 1. The Morgan fingerprint density at radius 1 is 1.09 bits per heavy atom. The molecule has 3 rings (SSSR count). The molecule has 0 radical (unpaired) electrons. The van der Waals surface area contributed by atoms with Crippen LogP contribution in [0.3, 0.4) is 0 Å². The first kappa shape index (κ1) is 22.7. The Morgan fingerprint density at radius 3 is 2.50 bits per heavy atom. The molecule has 1 unspecified atom stereocenters. The molecule has 164 valence electrons. The minimum atomic E-state index is -0.679. The van der Waals surface area contributed by atoms with Crippen LogP contribution in [0.25, 0.3) is 0 Å². The highest BCUT2D eigenvalue weighted by Gasteiger charge is 2.20. The zero-order valence-corrected chi connectivity index (χ0v) is 17.8. The van der Waals surface area contributed by atoms with Gasteiger partial charge in [0.05, 0.1) is 23.1 Å². The van der Waals surface area contributed by atoms with E-state index in [2.05, 4.69) is 21.2 Å². The number of carbonyl (C=O) groups excluding carboxylic acids is 2. The van der Waals surface area contributed by atoms with Crippen LogP contribution >= 0.6 is 11.6 Å². The van der Waals surface area contributed by atoms with Gasteiger partial charge in [0.15, 0.2) is 0 Å². The van der Waals surface area contributed by atoms with Gasteiger partial charge in [-0.25, -0.2) is 0 Å². The van der Waals surface area contributed by atoms with Crippen LogP contribution < -0.4 is 16.2 Å². The molecule has 0 saturated heterocycles. The summed E-state index contributed by atoms with van der Waals surface area (Å²) in [5.41, 5.74) is 6.00. The Bertz CT molecular complexity index is 1120. The SMILES string of the molecule is CC(Nc1ccc(C(=O)NNC(=O)Cc2ccc(Cl)cc2)cc1[N+](=O)[O-])c1ccccn1. The highest BCUT2D eigenvalue weighted by Crippen LogP contribution is 2.28. The molecule has 0 saturated carbocycles. The van der Waals surface area contributed by atoms with Crippen LogP contribution in [0, 0.1) is 10.1 Å². The van der Waals surface area contributed by atoms with Crippen molar-refractivity contribution in [2.24, 2.45) is 0 Å². The van der Waals surface area contributed by atoms with Crippen LogP contribution in [0.4, 0.5) is 11.4 Å². The Balaban J connectivity index is 1.65. The van der Waals surface area contributed by atoms with Gasteiger partial charge < -0.3 is 5.32 Å². The van der Waals surface area contributed by atoms with Crippen LogP contribution in [-0.2, 0) is 11.2 Å². The molecule has 1 heterocycles. The normalized spacial score (nSPS) is 11.3. The van der Waals surface area contributed by atoms with E-state index in [0.717, 1.165) is 6.07 Å². The second-order valence-corrected chi connectivity index (χ2v) is 7.35. The number of nitro benzene ring substituents is 1. The van der Waals surface area contributed by atoms with Crippen molar-refractivity contribution in [2.45, 2.75) is 19.4 Å². The Hall–Kier alpha value is -3.98. The number of hydrogen-bond acceptors (Lipinski definition) is 6. The van der Waals surface area contributed by atoms with Crippen molar-refractivity contribution >= 4 is 34.8 Å². The van der Waals surface area contributed by atoms with Crippen LogP contribution in [0.5, 0.6) is 0 Å². The number of pyridine rings is 1. The lowest BCUT2D eigenvalue weighted by molar-refractivity contribution is -0.384. The monoisotopic (exact) mass is 453 g/mol. The number of halogens is 1. The Kier molecular flexibility index (Phi) is 7.35. The molecule has 3 aromatic rings. The molecule has 2 aromatic carbocycles. The molecular formula is C22H20ClN5O4. The highest BCUT2D eigenvalue weighted by atomic mass is 35.5. The van der Waals surface area contributed by atoms with E-state index in [-0.39, 0.29) is 29.4 Å². The lowest BCUT2D eigenvalue weighted by Gasteiger charge is -2.15. The lowest BCUT2D eigenvalue weighted by atomic mass is 10.1. The summed E-state index contributed by atoms with van der Waals surface area (Å²) >= 11 is 5.81. The molecule has 0 spiro atoms. The third-order valence-corrected chi connectivity index (χ3v) is 4.81. The van der Waals surface area contributed by atoms with Gasteiger partial charge in [-0.1, -0.05) is 29.8 Å². The molecule has 1 aromatic heterocycles. The molecule has 0 aliphatic carbocycles. The standard InChI is InChI=1S/C22H20ClN5O4/c1-14(18-4-2-3-11-24-18)25-19-10-7-16(13-20(19)28(31)32)22(30)27-26-21(29)12-15-5-8-17(23)9-6-15/h2-11,13-14,25H,12H2,1H3,(H,26,29)(H,27,30). The largest absolute Gasteiger partial charge is 0.371 e. The van der Waals surface area contributed by atoms with Crippen molar-refractivity contribution in [3.05, 3.63) is 98.8 Å². The first-order chi connectivity index (χ1) is 15.3. The van der Waals surface area contributed by atoms with E-state index >= 15 is 0 Å². The number of nitro groups is 1. The first-order valence-electron chi connectivity index (χ1n) is 9.63. The minimum absolute atomic E-state index is 0.0273. The second-order valence-electron chi connectivity index (χ2n) is 6.92. The van der Waals surface area contributed by atoms with Gasteiger partial charge in [0.25, 0.3) is 11.6 Å². The van der Waals surface area contributed by atoms with E-state index < -0.39 is 16.7 Å². The van der Waals surface area contributed by atoms with Crippen LogP contribution in [0.2, 0.25) is 5.02 Å². The van der Waals surface area contributed by atoms with Gasteiger partial charge in [-0.2, -0.15) is 0 Å². The molecule has 0 aliphatic rings. The van der Waals surface area contributed by atoms with E-state index in [4.69, 9.17) is 11.6 Å². The van der Waals surface area contributed by atoms with Gasteiger partial charge in [-0.05, 0) is 48.9 Å². The maximum Gasteiger partial charge on any atom is 0.293 e. The summed E-state index contributed by atoms with van der Waals surface area (Å²) in [7, 11) is 0. The van der Waals surface area contributed by atoms with E-state index in [1.807, 2.05) is 13.0 Å². The summed E-state index contributed by atoms with van der Waals surface area (Å²) < 4.78 is 0. The van der Waals surface area contributed by atoms with Gasteiger partial charge >= 0.3 is 0 Å². The van der Waals surface area contributed by atoms with E-state index in [1.54, 1.807) is 42.6 Å². The topological polar surface area (TPSA) is 126 Å². The molecule has 9 nitrogen and oxygen atoms in total. The number of hydrogen-bond donors (Lipinski definition) is 3. The smallest absolute Gasteiger partial charge is 0.293 e. The third kappa shape index (κ3) is 6.02. The molecule has 2 amide bonds. The molecule has 3 N–H and O–H groups in total. The fraction of sp³-hybridized carbons (Fsp3) is 0.136. The number of amides is 2. The van der Waals surface area contributed by atoms with Gasteiger partial charge in [0.1, 0.15) is 5.69 Å². The second kappa shape index (κ2) is 10.4. The fourth-order valence-electron chi connectivity index (χ4n) is 2.92. The summed E-state index contributed by atoms with van der Waals surface area (Å²) in [6, 6.07) is 15.9. The van der Waals surface area contributed by atoms with Crippen LogP contribution in [0.15, 0.2) is 66.9 Å². The summed E-state index contributed by atoms with van der Waals surface area (Å²) in [5, 5.41) is 15.1. The predicted octanol–water partition coefficient (Wildman–Crippen LogP) is 3.82. The van der Waals surface area contributed by atoms with Gasteiger partial charge in [-0.15, -0.1) is 0 Å². The number of benzene rings is 2. The maximum atomic E-state index is 12.4. The summed E-state index contributed by atoms with van der Waals surface area (Å²) in [4.78, 5) is 39.6. The Labute approximate surface area is 188 Å².